The summed E-state index contributed by atoms with van der Waals surface area (Å²) in [5.41, 5.74) is 4.37. The Hall–Kier alpha value is -3.92. The standard InChI is InChI=1S/C20H15N5O4S/c26-18(11-13-5-1-4-8-17(13)25(27)28)24-21-12-14-9-10-19(29-14)30-20-22-15-6-2-3-7-16(15)23-20/h1-10,12H,11H2,(H,22,23)(H,24,26)/b21-12+. The summed E-state index contributed by atoms with van der Waals surface area (Å²) in [5.74, 6) is -0.0245. The summed E-state index contributed by atoms with van der Waals surface area (Å²) in [5, 5.41) is 16.2. The van der Waals surface area contributed by atoms with Crippen molar-refractivity contribution >= 4 is 40.6 Å². The van der Waals surface area contributed by atoms with Gasteiger partial charge in [-0.1, -0.05) is 30.3 Å². The van der Waals surface area contributed by atoms with E-state index >= 15 is 0 Å². The highest BCUT2D eigenvalue weighted by Crippen LogP contribution is 2.28. The minimum absolute atomic E-state index is 0.102. The number of hydrogen-bond acceptors (Lipinski definition) is 7. The molecule has 10 heteroatoms. The van der Waals surface area contributed by atoms with Gasteiger partial charge in [0.1, 0.15) is 5.76 Å². The quantitative estimate of drug-likeness (QED) is 0.265. The van der Waals surface area contributed by atoms with Crippen molar-refractivity contribution in [3.63, 3.8) is 0 Å². The van der Waals surface area contributed by atoms with E-state index in [9.17, 15) is 14.9 Å². The molecule has 0 aliphatic rings. The number of aromatic amines is 1. The third-order valence-corrected chi connectivity index (χ3v) is 4.89. The Bertz CT molecular complexity index is 1210. The van der Waals surface area contributed by atoms with Gasteiger partial charge in [-0.05, 0) is 36.0 Å². The lowest BCUT2D eigenvalue weighted by Crippen LogP contribution is -2.20. The van der Waals surface area contributed by atoms with Crippen LogP contribution in [0.5, 0.6) is 0 Å². The zero-order valence-electron chi connectivity index (χ0n) is 15.4. The molecule has 2 aromatic carbocycles. The molecule has 0 aliphatic carbocycles. The van der Waals surface area contributed by atoms with Crippen molar-refractivity contribution in [2.75, 3.05) is 0 Å². The molecule has 9 nitrogen and oxygen atoms in total. The summed E-state index contributed by atoms with van der Waals surface area (Å²) in [4.78, 5) is 30.2. The lowest BCUT2D eigenvalue weighted by molar-refractivity contribution is -0.385. The molecule has 0 spiro atoms. The van der Waals surface area contributed by atoms with Crippen molar-refractivity contribution in [1.82, 2.24) is 15.4 Å². The van der Waals surface area contributed by atoms with E-state index in [4.69, 9.17) is 4.42 Å². The number of aromatic nitrogens is 2. The van der Waals surface area contributed by atoms with E-state index in [-0.39, 0.29) is 12.1 Å². The molecule has 0 saturated heterocycles. The molecule has 0 aliphatic heterocycles. The zero-order chi connectivity index (χ0) is 20.9. The van der Waals surface area contributed by atoms with Crippen molar-refractivity contribution in [3.8, 4) is 0 Å². The predicted octanol–water partition coefficient (Wildman–Crippen LogP) is 3.91. The lowest BCUT2D eigenvalue weighted by atomic mass is 10.1. The molecular weight excluding hydrogens is 406 g/mol. The summed E-state index contributed by atoms with van der Waals surface area (Å²) >= 11 is 1.33. The SMILES string of the molecule is O=C(Cc1ccccc1[N+](=O)[O-])N/N=C/c1ccc(Sc2nc3ccccc3[nH]2)o1. The summed E-state index contributed by atoms with van der Waals surface area (Å²) < 4.78 is 5.65. The zero-order valence-corrected chi connectivity index (χ0v) is 16.3. The number of nitrogens with zero attached hydrogens (tertiary/aromatic N) is 3. The van der Waals surface area contributed by atoms with Gasteiger partial charge in [-0.2, -0.15) is 5.10 Å². The molecule has 0 bridgehead atoms. The third kappa shape index (κ3) is 4.55. The Balaban J connectivity index is 1.34. The number of carbonyl (C=O) groups excluding carboxylic acids is 1. The first-order valence-electron chi connectivity index (χ1n) is 8.85. The highest BCUT2D eigenvalue weighted by molar-refractivity contribution is 7.99. The normalized spacial score (nSPS) is 11.2. The van der Waals surface area contributed by atoms with Gasteiger partial charge in [0.15, 0.2) is 10.2 Å². The van der Waals surface area contributed by atoms with Crippen LogP contribution in [0.25, 0.3) is 11.0 Å². The van der Waals surface area contributed by atoms with Crippen molar-refractivity contribution in [1.29, 1.82) is 0 Å². The molecule has 4 aromatic rings. The van der Waals surface area contributed by atoms with Crippen LogP contribution >= 0.6 is 11.8 Å². The maximum absolute atomic E-state index is 12.0. The molecule has 150 valence electrons. The Kier molecular flexibility index (Phi) is 5.57. The second-order valence-electron chi connectivity index (χ2n) is 6.17. The first kappa shape index (κ1) is 19.4. The number of furan rings is 1. The minimum atomic E-state index is -0.518. The average molecular weight is 421 g/mol. The van der Waals surface area contributed by atoms with Gasteiger partial charge in [0.2, 0.25) is 5.91 Å². The minimum Gasteiger partial charge on any atom is -0.448 e. The molecule has 30 heavy (non-hydrogen) atoms. The molecule has 2 aromatic heterocycles. The number of nitro groups is 1. The monoisotopic (exact) mass is 421 g/mol. The van der Waals surface area contributed by atoms with Crippen LogP contribution in [-0.2, 0) is 11.2 Å². The van der Waals surface area contributed by atoms with Crippen molar-refractivity contribution in [3.05, 3.63) is 82.1 Å². The van der Waals surface area contributed by atoms with Crippen LogP contribution in [0.3, 0.4) is 0 Å². The average Bonchev–Trinajstić information content (AvgIpc) is 3.34. The van der Waals surface area contributed by atoms with Crippen molar-refractivity contribution in [2.45, 2.75) is 16.7 Å². The molecule has 1 amide bonds. The van der Waals surface area contributed by atoms with E-state index in [1.165, 1.54) is 30.1 Å². The van der Waals surface area contributed by atoms with Crippen molar-refractivity contribution in [2.24, 2.45) is 5.10 Å². The summed E-state index contributed by atoms with van der Waals surface area (Å²) in [7, 11) is 0. The van der Waals surface area contributed by atoms with Crippen LogP contribution in [0.1, 0.15) is 11.3 Å². The lowest BCUT2D eigenvalue weighted by Gasteiger charge is -2.01. The van der Waals surface area contributed by atoms with Gasteiger partial charge in [-0.15, -0.1) is 0 Å². The van der Waals surface area contributed by atoms with E-state index in [0.717, 1.165) is 11.0 Å². The van der Waals surface area contributed by atoms with Gasteiger partial charge in [0.25, 0.3) is 5.69 Å². The largest absolute Gasteiger partial charge is 0.448 e. The molecule has 2 N–H and O–H groups in total. The molecule has 2 heterocycles. The summed E-state index contributed by atoms with van der Waals surface area (Å²) in [6.07, 6.45) is 1.21. The fourth-order valence-corrected chi connectivity index (χ4v) is 3.52. The van der Waals surface area contributed by atoms with Gasteiger partial charge in [0, 0.05) is 11.6 Å². The fourth-order valence-electron chi connectivity index (χ4n) is 2.75. The molecule has 0 fully saturated rings. The maximum atomic E-state index is 12.0. The van der Waals surface area contributed by atoms with E-state index in [1.807, 2.05) is 24.3 Å². The number of benzene rings is 2. The van der Waals surface area contributed by atoms with Crippen LogP contribution in [-0.4, -0.2) is 27.0 Å². The molecule has 0 saturated carbocycles. The maximum Gasteiger partial charge on any atom is 0.273 e. The summed E-state index contributed by atoms with van der Waals surface area (Å²) in [6.45, 7) is 0. The number of amides is 1. The molecule has 0 radical (unpaired) electrons. The highest BCUT2D eigenvalue weighted by Gasteiger charge is 2.15. The number of hydrogen-bond donors (Lipinski definition) is 2. The number of rotatable bonds is 7. The van der Waals surface area contributed by atoms with Crippen LogP contribution in [0.4, 0.5) is 5.69 Å². The number of nitro benzene ring substituents is 1. The van der Waals surface area contributed by atoms with E-state index in [2.05, 4.69) is 20.5 Å². The van der Waals surface area contributed by atoms with Crippen LogP contribution in [0.2, 0.25) is 0 Å². The molecule has 4 rings (SSSR count). The van der Waals surface area contributed by atoms with Gasteiger partial charge in [-0.25, -0.2) is 10.4 Å². The second kappa shape index (κ2) is 8.62. The first-order chi connectivity index (χ1) is 14.6. The van der Waals surface area contributed by atoms with Gasteiger partial charge in [0.05, 0.1) is 28.6 Å². The van der Waals surface area contributed by atoms with Gasteiger partial charge in [-0.3, -0.25) is 14.9 Å². The second-order valence-corrected chi connectivity index (χ2v) is 7.17. The number of carbonyl (C=O) groups is 1. The number of para-hydroxylation sites is 3. The highest BCUT2D eigenvalue weighted by atomic mass is 32.2. The smallest absolute Gasteiger partial charge is 0.273 e. The summed E-state index contributed by atoms with van der Waals surface area (Å²) in [6, 6.07) is 17.3. The number of nitrogens with one attached hydrogen (secondary N) is 2. The Morgan fingerprint density at radius 2 is 2.00 bits per heavy atom. The van der Waals surface area contributed by atoms with Gasteiger partial charge >= 0.3 is 0 Å². The van der Waals surface area contributed by atoms with E-state index in [0.29, 0.717) is 21.6 Å². The molecular formula is C20H15N5O4S. The van der Waals surface area contributed by atoms with Crippen molar-refractivity contribution < 1.29 is 14.1 Å². The van der Waals surface area contributed by atoms with Crippen LogP contribution < -0.4 is 5.43 Å². The Labute approximate surface area is 174 Å². The topological polar surface area (TPSA) is 126 Å². The van der Waals surface area contributed by atoms with Crippen LogP contribution in [0.15, 0.2) is 80.4 Å². The van der Waals surface area contributed by atoms with E-state index in [1.54, 1.807) is 24.3 Å². The molecule has 0 unspecified atom stereocenters. The number of imidazole rings is 1. The fraction of sp³-hybridized carbons (Fsp3) is 0.0500. The number of hydrazone groups is 1. The Morgan fingerprint density at radius 1 is 1.20 bits per heavy atom. The third-order valence-electron chi connectivity index (χ3n) is 4.09. The van der Waals surface area contributed by atoms with Crippen LogP contribution in [0, 0.1) is 10.1 Å². The van der Waals surface area contributed by atoms with Gasteiger partial charge < -0.3 is 9.40 Å². The number of fused-ring (bicyclic) bond motifs is 1. The first-order valence-corrected chi connectivity index (χ1v) is 9.67. The van der Waals surface area contributed by atoms with E-state index < -0.39 is 10.8 Å². The molecule has 0 atom stereocenters. The predicted molar refractivity (Wildman–Crippen MR) is 111 cm³/mol. The Morgan fingerprint density at radius 3 is 2.83 bits per heavy atom. The number of H-pyrrole nitrogens is 1.